The summed E-state index contributed by atoms with van der Waals surface area (Å²) in [4.78, 5) is 0.0706. The molecule has 2 aliphatic heterocycles. The maximum atomic E-state index is 15.1. The van der Waals surface area contributed by atoms with Crippen molar-refractivity contribution >= 4 is 15.7 Å². The molecule has 6 nitrogen and oxygen atoms in total. The van der Waals surface area contributed by atoms with Gasteiger partial charge in [-0.2, -0.15) is 0 Å². The van der Waals surface area contributed by atoms with Gasteiger partial charge >= 0.3 is 0 Å². The lowest BCUT2D eigenvalue weighted by molar-refractivity contribution is 0.0494. The number of rotatable bonds is 8. The number of aliphatic hydroxyl groups excluding tert-OH is 1. The van der Waals surface area contributed by atoms with Crippen LogP contribution < -0.4 is 9.04 Å². The van der Waals surface area contributed by atoms with Crippen LogP contribution in [0.2, 0.25) is 0 Å². The fourth-order valence-electron chi connectivity index (χ4n) is 4.91. The van der Waals surface area contributed by atoms with Gasteiger partial charge in [-0.15, -0.1) is 0 Å². The molecule has 1 N–H and O–H groups in total. The summed E-state index contributed by atoms with van der Waals surface area (Å²) in [6.45, 7) is 5.43. The Morgan fingerprint density at radius 3 is 2.56 bits per heavy atom. The van der Waals surface area contributed by atoms with Crippen molar-refractivity contribution in [3.63, 3.8) is 0 Å². The van der Waals surface area contributed by atoms with Gasteiger partial charge in [0, 0.05) is 30.4 Å². The number of benzene rings is 2. The van der Waals surface area contributed by atoms with E-state index in [0.717, 1.165) is 12.8 Å². The Morgan fingerprint density at radius 2 is 1.88 bits per heavy atom. The molecule has 0 radical (unpaired) electrons. The number of ether oxygens (including phenoxy) is 2. The van der Waals surface area contributed by atoms with E-state index in [1.54, 1.807) is 18.2 Å². The van der Waals surface area contributed by atoms with Gasteiger partial charge in [-0.25, -0.2) is 12.8 Å². The Morgan fingerprint density at radius 1 is 1.12 bits per heavy atom. The van der Waals surface area contributed by atoms with Gasteiger partial charge in [0.1, 0.15) is 11.6 Å². The van der Waals surface area contributed by atoms with Crippen molar-refractivity contribution in [3.05, 3.63) is 52.8 Å². The first kappa shape index (κ1) is 24.9. The molecule has 1 unspecified atom stereocenters. The first-order chi connectivity index (χ1) is 16.4. The van der Waals surface area contributed by atoms with Crippen LogP contribution in [0.3, 0.4) is 0 Å². The summed E-state index contributed by atoms with van der Waals surface area (Å²) in [5.41, 5.74) is 1.90. The summed E-state index contributed by atoms with van der Waals surface area (Å²) in [7, 11) is -3.97. The van der Waals surface area contributed by atoms with Crippen LogP contribution in [0.5, 0.6) is 5.75 Å². The second-order valence-electron chi connectivity index (χ2n) is 9.09. The van der Waals surface area contributed by atoms with E-state index in [1.165, 1.54) is 16.4 Å². The summed E-state index contributed by atoms with van der Waals surface area (Å²) < 4.78 is 55.5. The highest BCUT2D eigenvalue weighted by Crippen LogP contribution is 2.39. The molecule has 186 valence electrons. The van der Waals surface area contributed by atoms with Crippen LogP contribution in [0.4, 0.5) is 10.1 Å². The summed E-state index contributed by atoms with van der Waals surface area (Å²) in [6, 6.07) is 7.77. The standard InChI is InChI=1S/C26H34FNO5S/c1-3-19-5-9-24-23(26(19)27)8-6-21(4-2)28(24)34(30,31)22-7-10-25(20(15-22)16-29)33-17-18-11-13-32-14-12-18/h5,7,9-10,15,18,21,29H,3-4,6,8,11-14,16-17H2,1-2H3. The third-order valence-corrected chi connectivity index (χ3v) is 8.88. The zero-order valence-electron chi connectivity index (χ0n) is 19.9. The normalized spacial score (nSPS) is 19.2. The number of aryl methyl sites for hydroxylation is 1. The molecule has 0 aliphatic carbocycles. The van der Waals surface area contributed by atoms with Crippen LogP contribution in [-0.4, -0.2) is 39.4 Å². The van der Waals surface area contributed by atoms with Crippen LogP contribution in [-0.2, 0) is 34.2 Å². The first-order valence-corrected chi connectivity index (χ1v) is 13.6. The summed E-state index contributed by atoms with van der Waals surface area (Å²) >= 11 is 0. The topological polar surface area (TPSA) is 76.1 Å². The van der Waals surface area contributed by atoms with E-state index in [0.29, 0.717) is 79.5 Å². The molecular weight excluding hydrogens is 457 g/mol. The third kappa shape index (κ3) is 4.81. The van der Waals surface area contributed by atoms with E-state index in [1.807, 2.05) is 13.8 Å². The monoisotopic (exact) mass is 491 g/mol. The summed E-state index contributed by atoms with van der Waals surface area (Å²) in [6.07, 6.45) is 4.09. The second kappa shape index (κ2) is 10.6. The minimum atomic E-state index is -3.97. The average molecular weight is 492 g/mol. The largest absolute Gasteiger partial charge is 0.493 e. The van der Waals surface area contributed by atoms with Gasteiger partial charge in [0.05, 0.1) is 23.8 Å². The number of fused-ring (bicyclic) bond motifs is 1. The smallest absolute Gasteiger partial charge is 0.264 e. The van der Waals surface area contributed by atoms with Crippen molar-refractivity contribution in [2.45, 2.75) is 69.9 Å². The third-order valence-electron chi connectivity index (χ3n) is 7.02. The SMILES string of the molecule is CCc1ccc2c(c1F)CCC(CC)N2S(=O)(=O)c1ccc(OCC2CCOCC2)c(CO)c1. The molecule has 34 heavy (non-hydrogen) atoms. The molecule has 2 heterocycles. The molecule has 0 aromatic heterocycles. The van der Waals surface area contributed by atoms with Gasteiger partial charge in [0.2, 0.25) is 0 Å². The highest BCUT2D eigenvalue weighted by Gasteiger charge is 2.37. The summed E-state index contributed by atoms with van der Waals surface area (Å²) in [5.74, 6) is 0.557. The fraction of sp³-hybridized carbons (Fsp3) is 0.538. The Kier molecular flexibility index (Phi) is 7.80. The maximum absolute atomic E-state index is 15.1. The number of anilines is 1. The molecule has 1 atom stereocenters. The predicted molar refractivity (Wildman–Crippen MR) is 129 cm³/mol. The van der Waals surface area contributed by atoms with Crippen molar-refractivity contribution in [2.24, 2.45) is 5.92 Å². The summed E-state index contributed by atoms with van der Waals surface area (Å²) in [5, 5.41) is 9.95. The van der Waals surface area contributed by atoms with Crippen molar-refractivity contribution < 1.29 is 27.4 Å². The Balaban J connectivity index is 1.66. The zero-order valence-corrected chi connectivity index (χ0v) is 20.7. The molecule has 1 saturated heterocycles. The molecule has 0 saturated carbocycles. The van der Waals surface area contributed by atoms with Crippen LogP contribution >= 0.6 is 0 Å². The molecule has 8 heteroatoms. The van der Waals surface area contributed by atoms with Crippen LogP contribution in [0.1, 0.15) is 56.2 Å². The number of hydrogen-bond donors (Lipinski definition) is 1. The lowest BCUT2D eigenvalue weighted by Gasteiger charge is -2.38. The zero-order chi connectivity index (χ0) is 24.3. The van der Waals surface area contributed by atoms with Gasteiger partial charge in [-0.1, -0.05) is 19.9 Å². The highest BCUT2D eigenvalue weighted by atomic mass is 32.2. The fourth-order valence-corrected chi connectivity index (χ4v) is 6.75. The second-order valence-corrected chi connectivity index (χ2v) is 10.9. The predicted octanol–water partition coefficient (Wildman–Crippen LogP) is 4.61. The van der Waals surface area contributed by atoms with E-state index in [2.05, 4.69) is 0 Å². The maximum Gasteiger partial charge on any atom is 0.264 e. The molecule has 4 rings (SSSR count). The first-order valence-electron chi connectivity index (χ1n) is 12.2. The quantitative estimate of drug-likeness (QED) is 0.584. The number of aliphatic hydroxyl groups is 1. The Labute approximate surface area is 201 Å². The van der Waals surface area contributed by atoms with Gasteiger partial charge in [-0.3, -0.25) is 4.31 Å². The van der Waals surface area contributed by atoms with E-state index < -0.39 is 10.0 Å². The van der Waals surface area contributed by atoms with Gasteiger partial charge in [0.15, 0.2) is 0 Å². The van der Waals surface area contributed by atoms with E-state index in [4.69, 9.17) is 9.47 Å². The Bertz CT molecular complexity index is 1110. The van der Waals surface area contributed by atoms with Crippen LogP contribution in [0, 0.1) is 11.7 Å². The minimum Gasteiger partial charge on any atom is -0.493 e. The molecule has 0 amide bonds. The van der Waals surface area contributed by atoms with Gasteiger partial charge < -0.3 is 14.6 Å². The lowest BCUT2D eigenvalue weighted by Crippen LogP contribution is -2.43. The molecule has 2 aromatic rings. The molecule has 0 spiro atoms. The molecular formula is C26H34FNO5S. The van der Waals surface area contributed by atoms with Gasteiger partial charge in [-0.05, 0) is 74.3 Å². The minimum absolute atomic E-state index is 0.0706. The number of sulfonamides is 1. The molecule has 1 fully saturated rings. The van der Waals surface area contributed by atoms with Crippen molar-refractivity contribution in [1.29, 1.82) is 0 Å². The number of nitrogens with zero attached hydrogens (tertiary/aromatic N) is 1. The Hall–Kier alpha value is -2.16. The van der Waals surface area contributed by atoms with Crippen molar-refractivity contribution in [1.82, 2.24) is 0 Å². The van der Waals surface area contributed by atoms with Crippen LogP contribution in [0.25, 0.3) is 0 Å². The van der Waals surface area contributed by atoms with Crippen LogP contribution in [0.15, 0.2) is 35.2 Å². The molecule has 2 aromatic carbocycles. The average Bonchev–Trinajstić information content (AvgIpc) is 2.87. The van der Waals surface area contributed by atoms with Crippen molar-refractivity contribution in [2.75, 3.05) is 24.1 Å². The van der Waals surface area contributed by atoms with E-state index >= 15 is 4.39 Å². The lowest BCUT2D eigenvalue weighted by atomic mass is 9.94. The van der Waals surface area contributed by atoms with E-state index in [-0.39, 0.29) is 23.4 Å². The van der Waals surface area contributed by atoms with Gasteiger partial charge in [0.25, 0.3) is 10.0 Å². The van der Waals surface area contributed by atoms with E-state index in [9.17, 15) is 13.5 Å². The number of halogens is 1. The highest BCUT2D eigenvalue weighted by molar-refractivity contribution is 7.92. The number of hydrogen-bond acceptors (Lipinski definition) is 5. The molecule has 2 aliphatic rings. The molecule has 0 bridgehead atoms. The van der Waals surface area contributed by atoms with Crippen molar-refractivity contribution in [3.8, 4) is 5.75 Å².